The van der Waals surface area contributed by atoms with Crippen LogP contribution in [-0.4, -0.2) is 12.6 Å². The molecule has 0 saturated heterocycles. The van der Waals surface area contributed by atoms with Gasteiger partial charge in [-0.15, -0.1) is 0 Å². The van der Waals surface area contributed by atoms with Gasteiger partial charge in [-0.1, -0.05) is 38.3 Å². The lowest BCUT2D eigenvalue weighted by Crippen LogP contribution is -1.99. The van der Waals surface area contributed by atoms with Crippen molar-refractivity contribution in [2.45, 2.75) is 20.3 Å². The van der Waals surface area contributed by atoms with E-state index < -0.39 is 0 Å². The normalized spacial score (nSPS) is 7.54. The van der Waals surface area contributed by atoms with E-state index in [2.05, 4.69) is 24.5 Å². The molecule has 0 aromatic carbocycles. The third-order valence-electron chi connectivity index (χ3n) is 0.964. The molecule has 0 aromatic heterocycles. The van der Waals surface area contributed by atoms with Crippen LogP contribution in [0.15, 0.2) is 37.5 Å². The summed E-state index contributed by atoms with van der Waals surface area (Å²) in [6.07, 6.45) is 3.75. The second-order valence-corrected chi connectivity index (χ2v) is 2.42. The summed E-state index contributed by atoms with van der Waals surface area (Å²) in [5.74, 6) is -0.341. The lowest BCUT2D eigenvalue weighted by atomic mass is 10.4. The van der Waals surface area contributed by atoms with Crippen LogP contribution in [0.25, 0.3) is 0 Å². The van der Waals surface area contributed by atoms with Gasteiger partial charge in [-0.25, -0.2) is 4.79 Å². The van der Waals surface area contributed by atoms with E-state index in [9.17, 15) is 4.79 Å². The molecule has 74 valence electrons. The molecule has 0 aromatic rings. The monoisotopic (exact) mass is 182 g/mol. The van der Waals surface area contributed by atoms with Gasteiger partial charge in [0.05, 0.1) is 6.61 Å². The highest BCUT2D eigenvalue weighted by atomic mass is 16.5. The molecule has 2 heteroatoms. The van der Waals surface area contributed by atoms with Crippen molar-refractivity contribution in [3.63, 3.8) is 0 Å². The lowest BCUT2D eigenvalue weighted by molar-refractivity contribution is -0.137. The van der Waals surface area contributed by atoms with Gasteiger partial charge in [0.1, 0.15) is 0 Å². The largest absolute Gasteiger partial charge is 0.463 e. The van der Waals surface area contributed by atoms with E-state index in [1.807, 2.05) is 13.8 Å². The van der Waals surface area contributed by atoms with Crippen LogP contribution in [0.2, 0.25) is 0 Å². The van der Waals surface area contributed by atoms with E-state index in [-0.39, 0.29) is 5.97 Å². The first-order valence-corrected chi connectivity index (χ1v) is 4.15. The SMILES string of the molecule is C=CC(=C)C.C=CC(=O)OCCC. The van der Waals surface area contributed by atoms with Crippen molar-refractivity contribution in [1.82, 2.24) is 0 Å². The average Bonchev–Trinajstić information content (AvgIpc) is 2.15. The van der Waals surface area contributed by atoms with Crippen LogP contribution in [0.3, 0.4) is 0 Å². The molecule has 0 aliphatic heterocycles. The van der Waals surface area contributed by atoms with Gasteiger partial charge in [-0.05, 0) is 13.3 Å². The zero-order chi connectivity index (χ0) is 10.7. The van der Waals surface area contributed by atoms with Gasteiger partial charge >= 0.3 is 5.97 Å². The molecule has 0 aliphatic rings. The summed E-state index contributed by atoms with van der Waals surface area (Å²) in [5.41, 5.74) is 1.02. The maximum Gasteiger partial charge on any atom is 0.330 e. The molecule has 0 bridgehead atoms. The Balaban J connectivity index is 0. The van der Waals surface area contributed by atoms with Crippen LogP contribution in [0.5, 0.6) is 0 Å². The number of carbonyl (C=O) groups is 1. The van der Waals surface area contributed by atoms with Crippen LogP contribution < -0.4 is 0 Å². The molecule has 0 fully saturated rings. The number of carbonyl (C=O) groups excluding carboxylic acids is 1. The van der Waals surface area contributed by atoms with Crippen molar-refractivity contribution in [1.29, 1.82) is 0 Å². The van der Waals surface area contributed by atoms with E-state index in [0.717, 1.165) is 18.1 Å². The van der Waals surface area contributed by atoms with Gasteiger partial charge in [-0.2, -0.15) is 0 Å². The molecule has 0 saturated carbocycles. The van der Waals surface area contributed by atoms with Crippen LogP contribution in [-0.2, 0) is 9.53 Å². The zero-order valence-corrected chi connectivity index (χ0v) is 8.51. The zero-order valence-electron chi connectivity index (χ0n) is 8.51. The summed E-state index contributed by atoms with van der Waals surface area (Å²) in [7, 11) is 0. The highest BCUT2D eigenvalue weighted by Crippen LogP contribution is 1.81. The van der Waals surface area contributed by atoms with Crippen LogP contribution in [0.4, 0.5) is 0 Å². The predicted octanol–water partition coefficient (Wildman–Crippen LogP) is 2.87. The Morgan fingerprint density at radius 2 is 1.85 bits per heavy atom. The Labute approximate surface area is 80.6 Å². The first-order chi connectivity index (χ1) is 6.08. The fraction of sp³-hybridized carbons (Fsp3) is 0.364. The van der Waals surface area contributed by atoms with Gasteiger partial charge in [0.15, 0.2) is 0 Å². The minimum atomic E-state index is -0.341. The topological polar surface area (TPSA) is 26.3 Å². The minimum absolute atomic E-state index is 0.341. The van der Waals surface area contributed by atoms with Crippen molar-refractivity contribution in [2.75, 3.05) is 6.61 Å². The second kappa shape index (κ2) is 10.7. The summed E-state index contributed by atoms with van der Waals surface area (Å²) < 4.78 is 4.58. The van der Waals surface area contributed by atoms with Crippen molar-refractivity contribution < 1.29 is 9.53 Å². The molecule has 0 radical (unpaired) electrons. The van der Waals surface area contributed by atoms with Crippen LogP contribution in [0, 0.1) is 0 Å². The molecular weight excluding hydrogens is 164 g/mol. The molecular formula is C11H18O2. The Morgan fingerprint density at radius 1 is 1.38 bits per heavy atom. The van der Waals surface area contributed by atoms with E-state index >= 15 is 0 Å². The smallest absolute Gasteiger partial charge is 0.330 e. The number of esters is 1. The van der Waals surface area contributed by atoms with E-state index in [1.165, 1.54) is 0 Å². The summed E-state index contributed by atoms with van der Waals surface area (Å²) in [5, 5.41) is 0. The number of hydrogen-bond donors (Lipinski definition) is 0. The molecule has 0 N–H and O–H groups in total. The van der Waals surface area contributed by atoms with Crippen molar-refractivity contribution in [2.24, 2.45) is 0 Å². The summed E-state index contributed by atoms with van der Waals surface area (Å²) in [4.78, 5) is 10.2. The third kappa shape index (κ3) is 18.0. The molecule has 0 aliphatic carbocycles. The molecule has 0 atom stereocenters. The van der Waals surface area contributed by atoms with Crippen LogP contribution >= 0.6 is 0 Å². The summed E-state index contributed by atoms with van der Waals surface area (Å²) >= 11 is 0. The van der Waals surface area contributed by atoms with Crippen molar-refractivity contribution in [3.05, 3.63) is 37.5 Å². The van der Waals surface area contributed by atoms with E-state index in [0.29, 0.717) is 6.61 Å². The third-order valence-corrected chi connectivity index (χ3v) is 0.964. The molecule has 13 heavy (non-hydrogen) atoms. The molecule has 2 nitrogen and oxygen atoms in total. The van der Waals surface area contributed by atoms with Crippen molar-refractivity contribution >= 4 is 5.97 Å². The minimum Gasteiger partial charge on any atom is -0.463 e. The molecule has 0 heterocycles. The Hall–Kier alpha value is -1.31. The Bertz CT molecular complexity index is 181. The average molecular weight is 182 g/mol. The van der Waals surface area contributed by atoms with Crippen molar-refractivity contribution in [3.8, 4) is 0 Å². The first kappa shape index (κ1) is 14.2. The fourth-order valence-electron chi connectivity index (χ4n) is 0.262. The number of ether oxygens (including phenoxy) is 1. The van der Waals surface area contributed by atoms with Crippen LogP contribution in [0.1, 0.15) is 20.3 Å². The van der Waals surface area contributed by atoms with Gasteiger partial charge in [0.25, 0.3) is 0 Å². The lowest BCUT2D eigenvalue weighted by Gasteiger charge is -1.94. The highest BCUT2D eigenvalue weighted by Gasteiger charge is 1.89. The van der Waals surface area contributed by atoms with E-state index in [1.54, 1.807) is 6.08 Å². The van der Waals surface area contributed by atoms with Gasteiger partial charge in [0, 0.05) is 6.08 Å². The van der Waals surface area contributed by atoms with E-state index in [4.69, 9.17) is 0 Å². The van der Waals surface area contributed by atoms with Gasteiger partial charge < -0.3 is 4.74 Å². The number of allylic oxidation sites excluding steroid dienone is 2. The van der Waals surface area contributed by atoms with Gasteiger partial charge in [-0.3, -0.25) is 0 Å². The fourth-order valence-corrected chi connectivity index (χ4v) is 0.262. The second-order valence-electron chi connectivity index (χ2n) is 2.42. The summed E-state index contributed by atoms with van der Waals surface area (Å²) in [6.45, 7) is 14.6. The molecule has 0 rings (SSSR count). The first-order valence-electron chi connectivity index (χ1n) is 4.15. The number of rotatable bonds is 4. The maximum absolute atomic E-state index is 10.2. The highest BCUT2D eigenvalue weighted by molar-refractivity contribution is 5.81. The molecule has 0 spiro atoms. The quantitative estimate of drug-likeness (QED) is 0.379. The Kier molecular flexibility index (Phi) is 11.7. The standard InChI is InChI=1S/C6H10O2.C5H8/c1-3-5-8-6(7)4-2;1-4-5(2)3/h4H,2-3,5H2,1H3;4H,1-2H2,3H3. The maximum atomic E-state index is 10.2. The Morgan fingerprint density at radius 3 is 2.08 bits per heavy atom. The molecule has 0 amide bonds. The number of hydrogen-bond acceptors (Lipinski definition) is 2. The predicted molar refractivity (Wildman–Crippen MR) is 56.5 cm³/mol. The van der Waals surface area contributed by atoms with Gasteiger partial charge in [0.2, 0.25) is 0 Å². The molecule has 0 unspecified atom stereocenters. The summed E-state index contributed by atoms with van der Waals surface area (Å²) in [6, 6.07) is 0.